The van der Waals surface area contributed by atoms with Crippen LogP contribution in [0.2, 0.25) is 5.02 Å². The van der Waals surface area contributed by atoms with Crippen molar-refractivity contribution in [3.05, 3.63) is 52.9 Å². The third-order valence-corrected chi connectivity index (χ3v) is 5.30. The molecule has 0 amide bonds. The summed E-state index contributed by atoms with van der Waals surface area (Å²) in [6.07, 6.45) is 5.92. The van der Waals surface area contributed by atoms with E-state index in [-0.39, 0.29) is 0 Å². The molecule has 0 aliphatic heterocycles. The molecule has 1 aromatic carbocycles. The van der Waals surface area contributed by atoms with Gasteiger partial charge in [0.15, 0.2) is 0 Å². The summed E-state index contributed by atoms with van der Waals surface area (Å²) in [6, 6.07) is 9.43. The Kier molecular flexibility index (Phi) is 5.55. The Morgan fingerprint density at radius 3 is 2.50 bits per heavy atom. The highest BCUT2D eigenvalue weighted by molar-refractivity contribution is 6.31. The molecule has 0 bridgehead atoms. The molecule has 4 N–H and O–H groups in total. The van der Waals surface area contributed by atoms with Crippen molar-refractivity contribution in [1.82, 2.24) is 24.7 Å². The number of nitrogen functional groups attached to an aromatic ring is 2. The van der Waals surface area contributed by atoms with Crippen molar-refractivity contribution in [3.8, 4) is 17.1 Å². The summed E-state index contributed by atoms with van der Waals surface area (Å²) in [7, 11) is 0. The average Bonchev–Trinajstić information content (AvgIpc) is 3.05. The van der Waals surface area contributed by atoms with E-state index in [1.807, 2.05) is 37.3 Å². The van der Waals surface area contributed by atoms with Crippen molar-refractivity contribution >= 4 is 34.1 Å². The van der Waals surface area contributed by atoms with E-state index in [1.54, 1.807) is 10.9 Å². The van der Waals surface area contributed by atoms with Gasteiger partial charge >= 0.3 is 0 Å². The van der Waals surface area contributed by atoms with Gasteiger partial charge in [-0.05, 0) is 55.7 Å². The van der Waals surface area contributed by atoms with Crippen LogP contribution in [-0.4, -0.2) is 24.7 Å². The number of hydrogen-bond donors (Lipinski definition) is 2. The SMILES string of the molecule is CCCCCc1nn(-c2nc(N)c(-c3ccnc(C)c3)c(N)n2)c2ccc(Cl)cc12. The maximum atomic E-state index is 6.30. The quantitative estimate of drug-likeness (QED) is 0.435. The van der Waals surface area contributed by atoms with Crippen molar-refractivity contribution < 1.29 is 0 Å². The molecule has 0 fully saturated rings. The number of hydrogen-bond acceptors (Lipinski definition) is 6. The van der Waals surface area contributed by atoms with Crippen molar-refractivity contribution in [2.45, 2.75) is 39.5 Å². The van der Waals surface area contributed by atoms with Gasteiger partial charge in [-0.3, -0.25) is 4.98 Å². The lowest BCUT2D eigenvalue weighted by Crippen LogP contribution is -2.10. The number of unbranched alkanes of at least 4 members (excludes halogenated alkanes) is 2. The molecule has 0 radical (unpaired) electrons. The molecule has 0 unspecified atom stereocenters. The zero-order valence-electron chi connectivity index (χ0n) is 17.1. The maximum Gasteiger partial charge on any atom is 0.255 e. The van der Waals surface area contributed by atoms with Crippen molar-refractivity contribution in [1.29, 1.82) is 0 Å². The van der Waals surface area contributed by atoms with Crippen LogP contribution in [-0.2, 0) is 6.42 Å². The Hall–Kier alpha value is -3.19. The summed E-state index contributed by atoms with van der Waals surface area (Å²) in [5.41, 5.74) is 16.7. The first-order chi connectivity index (χ1) is 14.5. The van der Waals surface area contributed by atoms with Crippen LogP contribution in [0, 0.1) is 6.92 Å². The molecule has 0 atom stereocenters. The summed E-state index contributed by atoms with van der Waals surface area (Å²) in [5.74, 6) is 0.940. The van der Waals surface area contributed by atoms with Gasteiger partial charge in [-0.1, -0.05) is 31.4 Å². The second-order valence-electron chi connectivity index (χ2n) is 7.33. The van der Waals surface area contributed by atoms with Gasteiger partial charge in [0, 0.05) is 22.3 Å². The summed E-state index contributed by atoms with van der Waals surface area (Å²) in [4.78, 5) is 13.3. The van der Waals surface area contributed by atoms with Crippen LogP contribution in [0.15, 0.2) is 36.5 Å². The molecular formula is C22H24ClN7. The molecule has 3 heterocycles. The van der Waals surface area contributed by atoms with Gasteiger partial charge in [-0.25, -0.2) is 0 Å². The average molecular weight is 422 g/mol. The lowest BCUT2D eigenvalue weighted by Gasteiger charge is -2.11. The highest BCUT2D eigenvalue weighted by Crippen LogP contribution is 2.31. The third-order valence-electron chi connectivity index (χ3n) is 5.06. The number of pyridine rings is 1. The van der Waals surface area contributed by atoms with Gasteiger partial charge in [-0.2, -0.15) is 19.7 Å². The molecule has 4 rings (SSSR count). The summed E-state index contributed by atoms with van der Waals surface area (Å²) < 4.78 is 1.70. The Labute approximate surface area is 180 Å². The summed E-state index contributed by atoms with van der Waals surface area (Å²) in [5, 5.41) is 6.45. The second kappa shape index (κ2) is 8.28. The number of anilines is 2. The van der Waals surface area contributed by atoms with E-state index in [1.165, 1.54) is 0 Å². The number of nitrogens with zero attached hydrogens (tertiary/aromatic N) is 5. The monoisotopic (exact) mass is 421 g/mol. The van der Waals surface area contributed by atoms with E-state index in [4.69, 9.17) is 28.2 Å². The molecule has 30 heavy (non-hydrogen) atoms. The van der Waals surface area contributed by atoms with Gasteiger partial charge in [-0.15, -0.1) is 0 Å². The largest absolute Gasteiger partial charge is 0.383 e. The van der Waals surface area contributed by atoms with Crippen LogP contribution < -0.4 is 11.5 Å². The van der Waals surface area contributed by atoms with Gasteiger partial charge in [0.05, 0.1) is 16.8 Å². The highest BCUT2D eigenvalue weighted by atomic mass is 35.5. The molecule has 154 valence electrons. The van der Waals surface area contributed by atoms with E-state index in [0.29, 0.717) is 28.2 Å². The van der Waals surface area contributed by atoms with Crippen LogP contribution in [0.4, 0.5) is 11.6 Å². The minimum atomic E-state index is 0.299. The Bertz CT molecular complexity index is 1190. The Morgan fingerprint density at radius 1 is 1.03 bits per heavy atom. The number of aryl methyl sites for hydroxylation is 2. The molecule has 0 spiro atoms. The van der Waals surface area contributed by atoms with E-state index < -0.39 is 0 Å². The number of benzene rings is 1. The fraction of sp³-hybridized carbons (Fsp3) is 0.273. The van der Waals surface area contributed by atoms with Crippen molar-refractivity contribution in [2.75, 3.05) is 11.5 Å². The van der Waals surface area contributed by atoms with Gasteiger partial charge in [0.1, 0.15) is 11.6 Å². The number of aromatic nitrogens is 5. The number of rotatable bonds is 6. The minimum absolute atomic E-state index is 0.299. The van der Waals surface area contributed by atoms with E-state index in [9.17, 15) is 0 Å². The molecule has 4 aromatic rings. The lowest BCUT2D eigenvalue weighted by molar-refractivity contribution is 0.697. The molecule has 0 aliphatic rings. The van der Waals surface area contributed by atoms with Gasteiger partial charge in [0.25, 0.3) is 5.95 Å². The molecule has 3 aromatic heterocycles. The molecular weight excluding hydrogens is 398 g/mol. The predicted octanol–water partition coefficient (Wildman–Crippen LogP) is 4.74. The molecule has 0 aliphatic carbocycles. The molecule has 7 nitrogen and oxygen atoms in total. The van der Waals surface area contributed by atoms with Crippen LogP contribution in [0.5, 0.6) is 0 Å². The van der Waals surface area contributed by atoms with E-state index >= 15 is 0 Å². The van der Waals surface area contributed by atoms with E-state index in [2.05, 4.69) is 21.9 Å². The topological polar surface area (TPSA) is 109 Å². The van der Waals surface area contributed by atoms with Crippen LogP contribution in [0.3, 0.4) is 0 Å². The van der Waals surface area contributed by atoms with Crippen LogP contribution >= 0.6 is 11.6 Å². The number of nitrogens with two attached hydrogens (primary N) is 2. The Balaban J connectivity index is 1.82. The molecule has 0 saturated carbocycles. The van der Waals surface area contributed by atoms with Crippen molar-refractivity contribution in [2.24, 2.45) is 0 Å². The second-order valence-corrected chi connectivity index (χ2v) is 7.77. The highest BCUT2D eigenvalue weighted by Gasteiger charge is 2.18. The third kappa shape index (κ3) is 3.80. The number of fused-ring (bicyclic) bond motifs is 1. The zero-order valence-corrected chi connectivity index (χ0v) is 17.8. The molecule has 8 heteroatoms. The summed E-state index contributed by atoms with van der Waals surface area (Å²) in [6.45, 7) is 4.09. The lowest BCUT2D eigenvalue weighted by atomic mass is 10.1. The fourth-order valence-corrected chi connectivity index (χ4v) is 3.78. The van der Waals surface area contributed by atoms with Gasteiger partial charge < -0.3 is 11.5 Å². The van der Waals surface area contributed by atoms with E-state index in [0.717, 1.165) is 53.5 Å². The van der Waals surface area contributed by atoms with Crippen molar-refractivity contribution in [3.63, 3.8) is 0 Å². The zero-order chi connectivity index (χ0) is 21.3. The first-order valence-electron chi connectivity index (χ1n) is 10.0. The normalized spacial score (nSPS) is 11.3. The van der Waals surface area contributed by atoms with Crippen LogP contribution in [0.1, 0.15) is 37.6 Å². The smallest absolute Gasteiger partial charge is 0.255 e. The molecule has 0 saturated heterocycles. The number of halogens is 1. The van der Waals surface area contributed by atoms with Crippen LogP contribution in [0.25, 0.3) is 28.0 Å². The minimum Gasteiger partial charge on any atom is -0.383 e. The first kappa shape index (κ1) is 20.1. The van der Waals surface area contributed by atoms with Gasteiger partial charge in [0.2, 0.25) is 0 Å². The maximum absolute atomic E-state index is 6.30. The standard InChI is InChI=1S/C22H24ClN7/c1-3-4-5-6-17-16-12-15(23)7-8-18(16)30(29-17)22-27-20(24)19(21(25)28-22)14-9-10-26-13(2)11-14/h7-12H,3-6H2,1-2H3,(H4,24,25,27,28). The first-order valence-corrected chi connectivity index (χ1v) is 10.4. The summed E-state index contributed by atoms with van der Waals surface area (Å²) >= 11 is 6.25. The predicted molar refractivity (Wildman–Crippen MR) is 122 cm³/mol. The Morgan fingerprint density at radius 2 is 1.80 bits per heavy atom. The fourth-order valence-electron chi connectivity index (χ4n) is 3.61.